The Morgan fingerprint density at radius 2 is 2.23 bits per heavy atom. The maximum atomic E-state index is 11.6. The molecule has 1 saturated heterocycles. The van der Waals surface area contributed by atoms with Gasteiger partial charge in [-0.1, -0.05) is 6.92 Å². The third kappa shape index (κ3) is 2.21. The maximum Gasteiger partial charge on any atom is 0.224 e. The SMILES string of the molecule is C[C@@H]1CNC[C@H]1C(=O)NCC1CC1. The first-order valence-electron chi connectivity index (χ1n) is 5.26. The van der Waals surface area contributed by atoms with E-state index in [0.717, 1.165) is 25.6 Å². The summed E-state index contributed by atoms with van der Waals surface area (Å²) < 4.78 is 0. The molecule has 3 nitrogen and oxygen atoms in total. The Labute approximate surface area is 79.3 Å². The monoisotopic (exact) mass is 182 g/mol. The van der Waals surface area contributed by atoms with Gasteiger partial charge in [-0.15, -0.1) is 0 Å². The lowest BCUT2D eigenvalue weighted by atomic mass is 9.97. The van der Waals surface area contributed by atoms with Gasteiger partial charge in [-0.25, -0.2) is 0 Å². The Bertz CT molecular complexity index is 201. The number of rotatable bonds is 3. The normalized spacial score (nSPS) is 33.3. The zero-order chi connectivity index (χ0) is 9.26. The topological polar surface area (TPSA) is 41.1 Å². The molecule has 1 aliphatic carbocycles. The van der Waals surface area contributed by atoms with Crippen LogP contribution in [0.15, 0.2) is 0 Å². The highest BCUT2D eigenvalue weighted by Crippen LogP contribution is 2.27. The molecule has 1 heterocycles. The molecule has 2 aliphatic rings. The number of amides is 1. The van der Waals surface area contributed by atoms with E-state index in [0.29, 0.717) is 5.92 Å². The van der Waals surface area contributed by atoms with E-state index in [-0.39, 0.29) is 11.8 Å². The van der Waals surface area contributed by atoms with Crippen molar-refractivity contribution in [1.82, 2.24) is 10.6 Å². The Hall–Kier alpha value is -0.570. The van der Waals surface area contributed by atoms with Crippen molar-refractivity contribution in [1.29, 1.82) is 0 Å². The third-order valence-electron chi connectivity index (χ3n) is 3.12. The number of hydrogen-bond acceptors (Lipinski definition) is 2. The van der Waals surface area contributed by atoms with Crippen molar-refractivity contribution in [3.05, 3.63) is 0 Å². The van der Waals surface area contributed by atoms with Crippen LogP contribution in [0.2, 0.25) is 0 Å². The Morgan fingerprint density at radius 1 is 1.46 bits per heavy atom. The molecule has 0 spiro atoms. The minimum atomic E-state index is 0.207. The van der Waals surface area contributed by atoms with Gasteiger partial charge in [0.2, 0.25) is 5.91 Å². The first-order chi connectivity index (χ1) is 6.27. The molecule has 2 N–H and O–H groups in total. The molecule has 0 bridgehead atoms. The second kappa shape index (κ2) is 3.66. The second-order valence-electron chi connectivity index (χ2n) is 4.43. The summed E-state index contributed by atoms with van der Waals surface area (Å²) in [4.78, 5) is 11.6. The summed E-state index contributed by atoms with van der Waals surface area (Å²) in [5.41, 5.74) is 0. The van der Waals surface area contributed by atoms with Gasteiger partial charge in [0.1, 0.15) is 0 Å². The summed E-state index contributed by atoms with van der Waals surface area (Å²) in [5, 5.41) is 6.28. The molecule has 3 heteroatoms. The average Bonchev–Trinajstić information content (AvgIpc) is 2.84. The van der Waals surface area contributed by atoms with Crippen LogP contribution in [0.4, 0.5) is 0 Å². The van der Waals surface area contributed by atoms with Gasteiger partial charge in [-0.05, 0) is 31.2 Å². The first-order valence-corrected chi connectivity index (χ1v) is 5.26. The van der Waals surface area contributed by atoms with E-state index in [9.17, 15) is 4.79 Å². The molecule has 74 valence electrons. The number of carbonyl (C=O) groups excluding carboxylic acids is 1. The molecule has 0 unspecified atom stereocenters. The summed E-state index contributed by atoms with van der Waals surface area (Å²) in [6, 6.07) is 0. The lowest BCUT2D eigenvalue weighted by molar-refractivity contribution is -0.125. The van der Waals surface area contributed by atoms with Gasteiger partial charge in [0.25, 0.3) is 0 Å². The molecule has 2 atom stereocenters. The minimum absolute atomic E-state index is 0.207. The fourth-order valence-corrected chi connectivity index (χ4v) is 1.86. The van der Waals surface area contributed by atoms with Gasteiger partial charge in [0.15, 0.2) is 0 Å². The van der Waals surface area contributed by atoms with E-state index in [1.54, 1.807) is 0 Å². The van der Waals surface area contributed by atoms with Crippen molar-refractivity contribution in [2.75, 3.05) is 19.6 Å². The predicted octanol–water partition coefficient (Wildman–Crippen LogP) is 0.368. The average molecular weight is 182 g/mol. The molecule has 0 radical (unpaired) electrons. The van der Waals surface area contributed by atoms with Crippen LogP contribution < -0.4 is 10.6 Å². The maximum absolute atomic E-state index is 11.6. The third-order valence-corrected chi connectivity index (χ3v) is 3.12. The predicted molar refractivity (Wildman–Crippen MR) is 51.3 cm³/mol. The zero-order valence-corrected chi connectivity index (χ0v) is 8.18. The molecule has 0 aromatic rings. The van der Waals surface area contributed by atoms with Crippen molar-refractivity contribution in [2.45, 2.75) is 19.8 Å². The summed E-state index contributed by atoms with van der Waals surface area (Å²) >= 11 is 0. The van der Waals surface area contributed by atoms with Gasteiger partial charge in [0.05, 0.1) is 5.92 Å². The van der Waals surface area contributed by atoms with Gasteiger partial charge < -0.3 is 10.6 Å². The largest absolute Gasteiger partial charge is 0.356 e. The minimum Gasteiger partial charge on any atom is -0.356 e. The van der Waals surface area contributed by atoms with E-state index in [2.05, 4.69) is 17.6 Å². The molecule has 1 aliphatic heterocycles. The van der Waals surface area contributed by atoms with Crippen LogP contribution >= 0.6 is 0 Å². The summed E-state index contributed by atoms with van der Waals surface area (Å²) in [5.74, 6) is 1.75. The molecule has 2 fully saturated rings. The summed E-state index contributed by atoms with van der Waals surface area (Å²) in [7, 11) is 0. The number of nitrogens with one attached hydrogen (secondary N) is 2. The van der Waals surface area contributed by atoms with Crippen molar-refractivity contribution >= 4 is 5.91 Å². The molecule has 1 amide bonds. The van der Waals surface area contributed by atoms with Crippen LogP contribution in [-0.2, 0) is 4.79 Å². The molecule has 0 aromatic carbocycles. The molecule has 13 heavy (non-hydrogen) atoms. The fraction of sp³-hybridized carbons (Fsp3) is 0.900. The fourth-order valence-electron chi connectivity index (χ4n) is 1.86. The van der Waals surface area contributed by atoms with Crippen LogP contribution in [0, 0.1) is 17.8 Å². The second-order valence-corrected chi connectivity index (χ2v) is 4.43. The van der Waals surface area contributed by atoms with E-state index in [1.165, 1.54) is 12.8 Å². The Balaban J connectivity index is 1.74. The Morgan fingerprint density at radius 3 is 2.77 bits per heavy atom. The smallest absolute Gasteiger partial charge is 0.224 e. The van der Waals surface area contributed by atoms with Gasteiger partial charge >= 0.3 is 0 Å². The summed E-state index contributed by atoms with van der Waals surface area (Å²) in [6.45, 7) is 4.89. The van der Waals surface area contributed by atoms with E-state index in [4.69, 9.17) is 0 Å². The van der Waals surface area contributed by atoms with Crippen LogP contribution in [0.3, 0.4) is 0 Å². The number of hydrogen-bond donors (Lipinski definition) is 2. The first kappa shape index (κ1) is 9.00. The van der Waals surface area contributed by atoms with Crippen LogP contribution in [0.1, 0.15) is 19.8 Å². The number of carbonyl (C=O) groups is 1. The lowest BCUT2D eigenvalue weighted by Crippen LogP contribution is -2.35. The van der Waals surface area contributed by atoms with Crippen molar-refractivity contribution in [2.24, 2.45) is 17.8 Å². The van der Waals surface area contributed by atoms with Crippen molar-refractivity contribution in [3.8, 4) is 0 Å². The zero-order valence-electron chi connectivity index (χ0n) is 8.18. The molecule has 1 saturated carbocycles. The molecule has 2 rings (SSSR count). The standard InChI is InChI=1S/C10H18N2O/c1-7-4-11-6-9(7)10(13)12-5-8-2-3-8/h7-9,11H,2-6H2,1H3,(H,12,13)/t7-,9-/m1/s1. The van der Waals surface area contributed by atoms with Crippen LogP contribution in [-0.4, -0.2) is 25.5 Å². The molecular weight excluding hydrogens is 164 g/mol. The highest BCUT2D eigenvalue weighted by atomic mass is 16.1. The van der Waals surface area contributed by atoms with Gasteiger partial charge in [0, 0.05) is 13.1 Å². The highest BCUT2D eigenvalue weighted by Gasteiger charge is 2.30. The van der Waals surface area contributed by atoms with E-state index in [1.807, 2.05) is 0 Å². The van der Waals surface area contributed by atoms with Crippen molar-refractivity contribution < 1.29 is 4.79 Å². The highest BCUT2D eigenvalue weighted by molar-refractivity contribution is 5.79. The quantitative estimate of drug-likeness (QED) is 0.662. The molecular formula is C10H18N2O. The molecule has 0 aromatic heterocycles. The van der Waals surface area contributed by atoms with Crippen LogP contribution in [0.25, 0.3) is 0 Å². The van der Waals surface area contributed by atoms with Crippen LogP contribution in [0.5, 0.6) is 0 Å². The van der Waals surface area contributed by atoms with Gasteiger partial charge in [-0.3, -0.25) is 4.79 Å². The van der Waals surface area contributed by atoms with Crippen molar-refractivity contribution in [3.63, 3.8) is 0 Å². The van der Waals surface area contributed by atoms with Gasteiger partial charge in [-0.2, -0.15) is 0 Å². The van der Waals surface area contributed by atoms with E-state index >= 15 is 0 Å². The Kier molecular flexibility index (Phi) is 2.54. The lowest BCUT2D eigenvalue weighted by Gasteiger charge is -2.13. The van der Waals surface area contributed by atoms with E-state index < -0.39 is 0 Å². The summed E-state index contributed by atoms with van der Waals surface area (Å²) in [6.07, 6.45) is 2.61.